The molecule has 0 spiro atoms. The van der Waals surface area contributed by atoms with Crippen molar-refractivity contribution in [1.82, 2.24) is 4.90 Å². The molecule has 1 saturated heterocycles. The molecule has 2 atom stereocenters. The summed E-state index contributed by atoms with van der Waals surface area (Å²) < 4.78 is 35.5. The molecule has 1 aliphatic heterocycles. The van der Waals surface area contributed by atoms with Gasteiger partial charge in [-0.05, 0) is 42.9 Å². The van der Waals surface area contributed by atoms with Gasteiger partial charge in [0.15, 0.2) is 11.5 Å². The number of alkyl halides is 2. The highest BCUT2D eigenvalue weighted by molar-refractivity contribution is 5.86. The highest BCUT2D eigenvalue weighted by Crippen LogP contribution is 2.38. The summed E-state index contributed by atoms with van der Waals surface area (Å²) in [5.41, 5.74) is 6.20. The number of likely N-dealkylation sites (tertiary alicyclic amines) is 1. The third kappa shape index (κ3) is 4.23. The van der Waals surface area contributed by atoms with Gasteiger partial charge in [0, 0.05) is 19.4 Å². The Hall–Kier alpha value is -2.38. The molecule has 3 rings (SSSR count). The highest BCUT2D eigenvalue weighted by atomic mass is 19.3. The molecule has 8 heteroatoms. The summed E-state index contributed by atoms with van der Waals surface area (Å²) in [6.07, 6.45) is 2.54. The summed E-state index contributed by atoms with van der Waals surface area (Å²) in [6, 6.07) is 4.10. The van der Waals surface area contributed by atoms with E-state index in [-0.39, 0.29) is 23.3 Å². The number of halogens is 2. The summed E-state index contributed by atoms with van der Waals surface area (Å²) in [5, 5.41) is 0. The van der Waals surface area contributed by atoms with Crippen molar-refractivity contribution in [3.8, 4) is 11.5 Å². The maximum Gasteiger partial charge on any atom is 0.387 e. The summed E-state index contributed by atoms with van der Waals surface area (Å²) in [4.78, 5) is 24.8. The minimum atomic E-state index is -2.94. The first-order chi connectivity index (χ1) is 12.3. The molecule has 0 radical (unpaired) electrons. The second kappa shape index (κ2) is 7.47. The van der Waals surface area contributed by atoms with E-state index in [0.29, 0.717) is 25.5 Å². The van der Waals surface area contributed by atoms with Crippen LogP contribution in [-0.4, -0.2) is 42.5 Å². The van der Waals surface area contributed by atoms with Gasteiger partial charge < -0.3 is 20.1 Å². The Morgan fingerprint density at radius 2 is 2.04 bits per heavy atom. The number of carbonyl (C=O) groups is 2. The first kappa shape index (κ1) is 18.4. The van der Waals surface area contributed by atoms with Crippen LogP contribution in [0.25, 0.3) is 0 Å². The number of hydrogen-bond donors (Lipinski definition) is 1. The monoisotopic (exact) mass is 368 g/mol. The van der Waals surface area contributed by atoms with Gasteiger partial charge in [-0.2, -0.15) is 8.78 Å². The molecule has 2 unspecified atom stereocenters. The lowest BCUT2D eigenvalue weighted by Crippen LogP contribution is -2.42. The van der Waals surface area contributed by atoms with E-state index in [1.165, 1.54) is 17.9 Å². The fraction of sp³-hybridized carbons (Fsp3) is 0.556. The van der Waals surface area contributed by atoms with Crippen molar-refractivity contribution in [2.75, 3.05) is 13.2 Å². The smallest absolute Gasteiger partial charge is 0.387 e. The van der Waals surface area contributed by atoms with Crippen LogP contribution in [0.5, 0.6) is 11.5 Å². The van der Waals surface area contributed by atoms with Crippen LogP contribution in [0.1, 0.15) is 37.7 Å². The largest absolute Gasteiger partial charge is 0.489 e. The third-order valence-electron chi connectivity index (χ3n) is 4.86. The Bertz CT molecular complexity index is 672. The molecule has 0 aromatic heterocycles. The third-order valence-corrected chi connectivity index (χ3v) is 4.86. The number of nitrogens with two attached hydrogens (primary N) is 1. The molecule has 26 heavy (non-hydrogen) atoms. The Labute approximate surface area is 150 Å². The molecule has 1 aliphatic carbocycles. The molecule has 2 aliphatic rings. The van der Waals surface area contributed by atoms with E-state index in [4.69, 9.17) is 10.5 Å². The Morgan fingerprint density at radius 1 is 1.31 bits per heavy atom. The van der Waals surface area contributed by atoms with Gasteiger partial charge in [-0.25, -0.2) is 0 Å². The van der Waals surface area contributed by atoms with Crippen LogP contribution in [0.2, 0.25) is 0 Å². The van der Waals surface area contributed by atoms with E-state index in [1.54, 1.807) is 12.1 Å². The molecule has 2 fully saturated rings. The lowest BCUT2D eigenvalue weighted by atomic mass is 9.96. The predicted molar refractivity (Wildman–Crippen MR) is 89.0 cm³/mol. The van der Waals surface area contributed by atoms with Gasteiger partial charge in [0.25, 0.3) is 0 Å². The fourth-order valence-electron chi connectivity index (χ4n) is 3.27. The molecular weight excluding hydrogens is 346 g/mol. The molecule has 6 nitrogen and oxygen atoms in total. The van der Waals surface area contributed by atoms with Gasteiger partial charge in [0.1, 0.15) is 6.04 Å². The van der Waals surface area contributed by atoms with E-state index in [2.05, 4.69) is 4.74 Å². The van der Waals surface area contributed by atoms with Crippen molar-refractivity contribution in [1.29, 1.82) is 0 Å². The SMILES string of the molecule is CC(=O)N1CC(c2ccc(OC(F)F)c(OCC3CC3)c2)CC1C(N)=O. The molecule has 2 amide bonds. The number of amides is 2. The molecule has 0 bridgehead atoms. The van der Waals surface area contributed by atoms with Crippen LogP contribution in [-0.2, 0) is 9.59 Å². The van der Waals surface area contributed by atoms with Crippen molar-refractivity contribution < 1.29 is 27.8 Å². The van der Waals surface area contributed by atoms with E-state index in [1.807, 2.05) is 0 Å². The van der Waals surface area contributed by atoms with Gasteiger partial charge in [0.2, 0.25) is 11.8 Å². The van der Waals surface area contributed by atoms with Crippen LogP contribution >= 0.6 is 0 Å². The van der Waals surface area contributed by atoms with Crippen molar-refractivity contribution in [2.45, 2.75) is 44.8 Å². The second-order valence-electron chi connectivity index (χ2n) is 6.86. The fourth-order valence-corrected chi connectivity index (χ4v) is 3.27. The van der Waals surface area contributed by atoms with Crippen LogP contribution in [0.4, 0.5) is 8.78 Å². The number of rotatable bonds is 7. The molecule has 1 saturated carbocycles. The summed E-state index contributed by atoms with van der Waals surface area (Å²) >= 11 is 0. The lowest BCUT2D eigenvalue weighted by molar-refractivity contribution is -0.135. The van der Waals surface area contributed by atoms with Crippen LogP contribution in [0.3, 0.4) is 0 Å². The number of nitrogens with zero attached hydrogens (tertiary/aromatic N) is 1. The van der Waals surface area contributed by atoms with E-state index in [9.17, 15) is 18.4 Å². The molecule has 142 valence electrons. The topological polar surface area (TPSA) is 81.9 Å². The van der Waals surface area contributed by atoms with Crippen LogP contribution in [0, 0.1) is 5.92 Å². The zero-order valence-electron chi connectivity index (χ0n) is 14.5. The molecular formula is C18H22F2N2O4. The van der Waals surface area contributed by atoms with Gasteiger partial charge in [0.05, 0.1) is 6.61 Å². The van der Waals surface area contributed by atoms with E-state index >= 15 is 0 Å². The zero-order valence-corrected chi connectivity index (χ0v) is 14.5. The maximum absolute atomic E-state index is 12.6. The number of hydrogen-bond acceptors (Lipinski definition) is 4. The van der Waals surface area contributed by atoms with Crippen molar-refractivity contribution in [3.05, 3.63) is 23.8 Å². The number of carbonyl (C=O) groups excluding carboxylic acids is 2. The van der Waals surface area contributed by atoms with E-state index in [0.717, 1.165) is 18.4 Å². The average Bonchev–Trinajstić information content (AvgIpc) is 3.28. The minimum absolute atomic E-state index is 0.0164. The first-order valence-electron chi connectivity index (χ1n) is 8.63. The van der Waals surface area contributed by atoms with E-state index < -0.39 is 18.6 Å². The standard InChI is InChI=1S/C18H22F2N2O4/c1-10(23)22-8-13(6-14(22)17(21)24)12-4-5-15(26-18(19)20)16(7-12)25-9-11-2-3-11/h4-5,7,11,13-14,18H,2-3,6,8-9H2,1H3,(H2,21,24). The van der Waals surface area contributed by atoms with Gasteiger partial charge in [-0.1, -0.05) is 6.07 Å². The maximum atomic E-state index is 12.6. The van der Waals surface area contributed by atoms with Crippen molar-refractivity contribution in [3.63, 3.8) is 0 Å². The number of ether oxygens (including phenoxy) is 2. The van der Waals surface area contributed by atoms with Gasteiger partial charge in [-0.3, -0.25) is 9.59 Å². The molecule has 1 aromatic carbocycles. The van der Waals surface area contributed by atoms with Gasteiger partial charge >= 0.3 is 6.61 Å². The van der Waals surface area contributed by atoms with Crippen LogP contribution < -0.4 is 15.2 Å². The lowest BCUT2D eigenvalue weighted by Gasteiger charge is -2.20. The summed E-state index contributed by atoms with van der Waals surface area (Å²) in [6.45, 7) is -0.748. The molecule has 1 heterocycles. The van der Waals surface area contributed by atoms with Crippen LogP contribution in [0.15, 0.2) is 18.2 Å². The first-order valence-corrected chi connectivity index (χ1v) is 8.63. The quantitative estimate of drug-likeness (QED) is 0.800. The normalized spacial score (nSPS) is 22.5. The molecule has 1 aromatic rings. The minimum Gasteiger partial charge on any atom is -0.489 e. The predicted octanol–water partition coefficient (Wildman–Crippen LogP) is 2.27. The number of primary amides is 1. The second-order valence-corrected chi connectivity index (χ2v) is 6.86. The average molecular weight is 368 g/mol. The van der Waals surface area contributed by atoms with Crippen molar-refractivity contribution in [2.24, 2.45) is 11.7 Å². The Kier molecular flexibility index (Phi) is 5.29. The Balaban J connectivity index is 1.81. The summed E-state index contributed by atoms with van der Waals surface area (Å²) in [5.74, 6) is -0.203. The molecule has 2 N–H and O–H groups in total. The Morgan fingerprint density at radius 3 is 2.58 bits per heavy atom. The summed E-state index contributed by atoms with van der Waals surface area (Å²) in [7, 11) is 0. The highest BCUT2D eigenvalue weighted by Gasteiger charge is 2.38. The van der Waals surface area contributed by atoms with Crippen molar-refractivity contribution >= 4 is 11.8 Å². The number of benzene rings is 1. The van der Waals surface area contributed by atoms with Gasteiger partial charge in [-0.15, -0.1) is 0 Å². The zero-order chi connectivity index (χ0) is 18.8.